The Morgan fingerprint density at radius 3 is 2.32 bits per heavy atom. The molecule has 4 N–H and O–H groups in total. The highest BCUT2D eigenvalue weighted by Crippen LogP contribution is 2.41. The van der Waals surface area contributed by atoms with Gasteiger partial charge in [-0.15, -0.1) is 0 Å². The molecule has 47 heavy (non-hydrogen) atoms. The first-order chi connectivity index (χ1) is 22.0. The molecule has 2 unspecified atom stereocenters. The van der Waals surface area contributed by atoms with Gasteiger partial charge in [-0.3, -0.25) is 14.4 Å². The summed E-state index contributed by atoms with van der Waals surface area (Å²) in [6.07, 6.45) is 2.34. The number of carbonyl (C=O) groups excluding carboxylic acids is 3. The summed E-state index contributed by atoms with van der Waals surface area (Å²) in [5, 5.41) is 12.7. The molecule has 9 nitrogen and oxygen atoms in total. The number of halogens is 2. The lowest BCUT2D eigenvalue weighted by atomic mass is 9.82. The number of nitrogens with two attached hydrogens (primary N) is 1. The van der Waals surface area contributed by atoms with Crippen LogP contribution in [0.15, 0.2) is 60.8 Å². The summed E-state index contributed by atoms with van der Waals surface area (Å²) in [4.78, 5) is 39.6. The van der Waals surface area contributed by atoms with Crippen molar-refractivity contribution in [2.45, 2.75) is 85.0 Å². The lowest BCUT2D eigenvalue weighted by Crippen LogP contribution is -2.47. The van der Waals surface area contributed by atoms with Crippen LogP contribution in [0.2, 0.25) is 0 Å². The highest BCUT2D eigenvalue weighted by molar-refractivity contribution is 5.82. The molecule has 0 saturated heterocycles. The Hall–Kier alpha value is -4.09. The van der Waals surface area contributed by atoms with Gasteiger partial charge in [0.25, 0.3) is 0 Å². The zero-order valence-corrected chi connectivity index (χ0v) is 28.2. The molecule has 0 spiro atoms. The van der Waals surface area contributed by atoms with Crippen molar-refractivity contribution >= 4 is 17.8 Å². The lowest BCUT2D eigenvalue weighted by Gasteiger charge is -2.41. The molecule has 0 aliphatic rings. The van der Waals surface area contributed by atoms with Crippen molar-refractivity contribution in [2.75, 3.05) is 19.7 Å². The molecule has 0 bridgehead atoms. The largest absolute Gasteiger partial charge is 0.460 e. The van der Waals surface area contributed by atoms with Crippen molar-refractivity contribution in [2.24, 2.45) is 11.1 Å². The van der Waals surface area contributed by atoms with Gasteiger partial charge in [0.15, 0.2) is 0 Å². The van der Waals surface area contributed by atoms with Crippen LogP contribution in [0.3, 0.4) is 0 Å². The third kappa shape index (κ3) is 11.0. The first kappa shape index (κ1) is 37.4. The van der Waals surface area contributed by atoms with Crippen LogP contribution in [0, 0.1) is 17.0 Å². The topological polar surface area (TPSA) is 127 Å². The Balaban J connectivity index is 1.88. The van der Waals surface area contributed by atoms with Crippen molar-refractivity contribution in [1.29, 1.82) is 0 Å². The molecule has 3 aromatic rings. The number of benzene rings is 2. The van der Waals surface area contributed by atoms with Crippen LogP contribution < -0.4 is 11.1 Å². The Morgan fingerprint density at radius 2 is 1.70 bits per heavy atom. The minimum absolute atomic E-state index is 0.0357. The second kappa shape index (κ2) is 16.1. The van der Waals surface area contributed by atoms with E-state index in [9.17, 15) is 28.3 Å². The van der Waals surface area contributed by atoms with Crippen LogP contribution in [-0.2, 0) is 25.7 Å². The predicted octanol–water partition coefficient (Wildman–Crippen LogP) is 5.35. The fourth-order valence-corrected chi connectivity index (χ4v) is 5.48. The molecule has 256 valence electrons. The van der Waals surface area contributed by atoms with Gasteiger partial charge in [-0.1, -0.05) is 51.1 Å². The number of nitrogens with zero attached hydrogens (tertiary/aromatic N) is 2. The molecule has 2 aromatic carbocycles. The summed E-state index contributed by atoms with van der Waals surface area (Å²) >= 11 is 0. The maximum Gasteiger partial charge on any atom is 0.306 e. The number of aliphatic hydroxyl groups is 1. The van der Waals surface area contributed by atoms with E-state index in [1.807, 2.05) is 55.7 Å². The van der Waals surface area contributed by atoms with Gasteiger partial charge in [-0.25, -0.2) is 8.78 Å². The minimum Gasteiger partial charge on any atom is -0.460 e. The molecule has 3 rings (SSSR count). The highest BCUT2D eigenvalue weighted by atomic mass is 19.1. The first-order valence-corrected chi connectivity index (χ1v) is 15.8. The molecule has 2 amide bonds. The molecule has 0 aliphatic heterocycles. The van der Waals surface area contributed by atoms with Crippen molar-refractivity contribution in [1.82, 2.24) is 14.8 Å². The van der Waals surface area contributed by atoms with Crippen LogP contribution in [0.5, 0.6) is 0 Å². The number of amides is 2. The van der Waals surface area contributed by atoms with Crippen LogP contribution in [0.1, 0.15) is 78.1 Å². The number of carbonyl (C=O) groups is 3. The normalized spacial score (nSPS) is 13.1. The van der Waals surface area contributed by atoms with Gasteiger partial charge in [0, 0.05) is 49.1 Å². The zero-order valence-electron chi connectivity index (χ0n) is 28.2. The van der Waals surface area contributed by atoms with E-state index in [0.29, 0.717) is 24.2 Å². The summed E-state index contributed by atoms with van der Waals surface area (Å²) in [7, 11) is 0. The quantitative estimate of drug-likeness (QED) is 0.159. The molecule has 11 heteroatoms. The number of rotatable bonds is 14. The summed E-state index contributed by atoms with van der Waals surface area (Å²) < 4.78 is 36.4. The van der Waals surface area contributed by atoms with E-state index in [-0.39, 0.29) is 37.5 Å². The maximum atomic E-state index is 15.0. The molecular weight excluding hydrogens is 606 g/mol. The Labute approximate surface area is 276 Å². The molecule has 0 radical (unpaired) electrons. The molecule has 2 atom stereocenters. The van der Waals surface area contributed by atoms with Crippen LogP contribution >= 0.6 is 0 Å². The third-order valence-electron chi connectivity index (χ3n) is 7.53. The molecule has 1 heterocycles. The van der Waals surface area contributed by atoms with Crippen LogP contribution in [0.25, 0.3) is 11.1 Å². The number of ether oxygens (including phenoxy) is 1. The first-order valence-electron chi connectivity index (χ1n) is 15.8. The van der Waals surface area contributed by atoms with Crippen molar-refractivity contribution in [3.63, 3.8) is 0 Å². The van der Waals surface area contributed by atoms with E-state index < -0.39 is 53.2 Å². The lowest BCUT2D eigenvalue weighted by molar-refractivity contribution is -0.155. The number of aromatic nitrogens is 1. The minimum atomic E-state index is -0.973. The van der Waals surface area contributed by atoms with E-state index >= 15 is 0 Å². The van der Waals surface area contributed by atoms with E-state index in [2.05, 4.69) is 5.32 Å². The number of esters is 1. The highest BCUT2D eigenvalue weighted by Gasteiger charge is 2.37. The Bertz CT molecular complexity index is 1510. The molecular formula is C36H48F2N4O5. The second-order valence-electron chi connectivity index (χ2n) is 13.8. The number of aliphatic hydroxyl groups excluding tert-OH is 1. The van der Waals surface area contributed by atoms with Gasteiger partial charge >= 0.3 is 5.97 Å². The molecule has 0 saturated carbocycles. The average molecular weight is 655 g/mol. The van der Waals surface area contributed by atoms with Crippen molar-refractivity contribution < 1.29 is 33.0 Å². The van der Waals surface area contributed by atoms with Gasteiger partial charge in [0.05, 0.1) is 12.1 Å². The van der Waals surface area contributed by atoms with Gasteiger partial charge in [0.1, 0.15) is 23.8 Å². The van der Waals surface area contributed by atoms with E-state index in [1.54, 1.807) is 33.0 Å². The fraction of sp³-hybridized carbons (Fsp3) is 0.472. The molecule has 0 aliphatic carbocycles. The van der Waals surface area contributed by atoms with Gasteiger partial charge in [-0.05, 0) is 68.9 Å². The number of nitrogens with one attached hydrogen (secondary N) is 1. The van der Waals surface area contributed by atoms with Crippen molar-refractivity contribution in [3.8, 4) is 11.1 Å². The summed E-state index contributed by atoms with van der Waals surface area (Å²) in [6.45, 7) is 11.0. The second-order valence-corrected chi connectivity index (χ2v) is 13.8. The standard InChI is InChI=1S/C36H48F2N4O5/c1-35(2,3)33(42(31(44)23-43)18-16-29(39)34(46)40-17-10-13-32(45)47-36(4,5)6)30-19-25(27-20-26(37)14-15-28(27)38)22-41(30)21-24-11-8-7-9-12-24/h7-9,11-12,14-15,19-20,22,29,33,43H,10,13,16-18,21,23,39H2,1-6H3,(H,40,46). The maximum absolute atomic E-state index is 15.0. The third-order valence-corrected chi connectivity index (χ3v) is 7.53. The number of hydrogen-bond donors (Lipinski definition) is 3. The summed E-state index contributed by atoms with van der Waals surface area (Å²) in [5.74, 6) is -2.54. The predicted molar refractivity (Wildman–Crippen MR) is 177 cm³/mol. The molecule has 0 fully saturated rings. The Morgan fingerprint density at radius 1 is 1.02 bits per heavy atom. The van der Waals surface area contributed by atoms with Gasteiger partial charge in [0.2, 0.25) is 11.8 Å². The fourth-order valence-electron chi connectivity index (χ4n) is 5.48. The monoisotopic (exact) mass is 654 g/mol. The van der Waals surface area contributed by atoms with E-state index in [1.165, 1.54) is 4.90 Å². The van der Waals surface area contributed by atoms with E-state index in [4.69, 9.17) is 10.5 Å². The summed E-state index contributed by atoms with van der Waals surface area (Å²) in [5.41, 5.74) is 7.14. The van der Waals surface area contributed by atoms with Gasteiger partial charge < -0.3 is 30.4 Å². The average Bonchev–Trinajstić information content (AvgIpc) is 3.39. The van der Waals surface area contributed by atoms with E-state index in [0.717, 1.165) is 23.8 Å². The molecule has 1 aromatic heterocycles. The van der Waals surface area contributed by atoms with Crippen LogP contribution in [-0.4, -0.2) is 63.7 Å². The van der Waals surface area contributed by atoms with Gasteiger partial charge in [-0.2, -0.15) is 0 Å². The smallest absolute Gasteiger partial charge is 0.306 e. The SMILES string of the molecule is CC(C)(C)OC(=O)CCCNC(=O)C(N)CCN(C(=O)CO)C(c1cc(-c2cc(F)ccc2F)cn1Cc1ccccc1)C(C)(C)C. The summed E-state index contributed by atoms with van der Waals surface area (Å²) in [6, 6.07) is 13.0. The van der Waals surface area contributed by atoms with Crippen molar-refractivity contribution in [3.05, 3.63) is 83.7 Å². The van der Waals surface area contributed by atoms with Crippen LogP contribution in [0.4, 0.5) is 8.78 Å². The Kier molecular flexibility index (Phi) is 12.8. The number of hydrogen-bond acceptors (Lipinski definition) is 6. The zero-order chi connectivity index (χ0) is 34.9.